The van der Waals surface area contributed by atoms with Crippen molar-refractivity contribution in [1.29, 1.82) is 0 Å². The molecule has 0 aliphatic carbocycles. The number of aliphatic hydroxyl groups excluding tert-OH is 1. The number of nitrogens with zero attached hydrogens (tertiary/aromatic N) is 3. The topological polar surface area (TPSA) is 98.4 Å². The van der Waals surface area contributed by atoms with Gasteiger partial charge in [-0.25, -0.2) is 4.98 Å². The number of aryl methyl sites for hydroxylation is 1. The van der Waals surface area contributed by atoms with E-state index in [2.05, 4.69) is 10.3 Å². The second-order valence-corrected chi connectivity index (χ2v) is 8.83. The summed E-state index contributed by atoms with van der Waals surface area (Å²) in [6, 6.07) is 7.52. The number of nitrogens with one attached hydrogen (secondary N) is 1. The molecule has 0 radical (unpaired) electrons. The van der Waals surface area contributed by atoms with Gasteiger partial charge in [-0.15, -0.1) is 0 Å². The van der Waals surface area contributed by atoms with E-state index in [-0.39, 0.29) is 31.1 Å². The normalized spacial score (nSPS) is 18.8. The van der Waals surface area contributed by atoms with Gasteiger partial charge in [0, 0.05) is 12.7 Å². The molecule has 1 aromatic carbocycles. The first-order valence-electron chi connectivity index (χ1n) is 11.6. The van der Waals surface area contributed by atoms with Crippen LogP contribution in [0.5, 0.6) is 0 Å². The number of pyridine rings is 1. The third-order valence-electron chi connectivity index (χ3n) is 6.28. The van der Waals surface area contributed by atoms with Crippen LogP contribution in [0.2, 0.25) is 0 Å². The van der Waals surface area contributed by atoms with Crippen LogP contribution in [0.15, 0.2) is 53.7 Å². The summed E-state index contributed by atoms with van der Waals surface area (Å²) in [5, 5.41) is 12.3. The van der Waals surface area contributed by atoms with Crippen molar-refractivity contribution in [2.24, 2.45) is 0 Å². The first-order valence-corrected chi connectivity index (χ1v) is 11.6. The van der Waals surface area contributed by atoms with Crippen LogP contribution in [-0.4, -0.2) is 43.9 Å². The van der Waals surface area contributed by atoms with Gasteiger partial charge >= 0.3 is 6.18 Å². The van der Waals surface area contributed by atoms with E-state index in [1.165, 1.54) is 35.2 Å². The Bertz CT molecular complexity index is 1280. The van der Waals surface area contributed by atoms with E-state index in [0.717, 1.165) is 17.8 Å². The van der Waals surface area contributed by atoms with Gasteiger partial charge in [0.05, 0.1) is 42.4 Å². The lowest BCUT2D eigenvalue weighted by Gasteiger charge is -2.23. The summed E-state index contributed by atoms with van der Waals surface area (Å²) in [4.78, 5) is 30.2. The van der Waals surface area contributed by atoms with Gasteiger partial charge in [-0.1, -0.05) is 12.1 Å². The molecule has 0 bridgehead atoms. The monoisotopic (exact) mass is 504 g/mol. The van der Waals surface area contributed by atoms with E-state index >= 15 is 0 Å². The SMILES string of the molecule is Cc1cn(-c2ccc(C(=O)N[C@@H](C)[C@@H]3CC[C@H](c4ccc(C(F)(F)F)cc4)O3)n(CCO)c2=O)cn1. The lowest BCUT2D eigenvalue weighted by Crippen LogP contribution is -2.43. The molecule has 4 rings (SSSR count). The molecule has 0 unspecified atom stereocenters. The van der Waals surface area contributed by atoms with Crippen LogP contribution in [0.3, 0.4) is 0 Å². The zero-order valence-electron chi connectivity index (χ0n) is 19.8. The molecule has 3 heterocycles. The molecule has 2 N–H and O–H groups in total. The van der Waals surface area contributed by atoms with Crippen molar-refractivity contribution in [3.8, 4) is 5.69 Å². The third kappa shape index (κ3) is 5.36. The van der Waals surface area contributed by atoms with E-state index in [9.17, 15) is 27.9 Å². The number of hydrogen-bond donors (Lipinski definition) is 2. The minimum atomic E-state index is -4.40. The van der Waals surface area contributed by atoms with Crippen molar-refractivity contribution in [3.63, 3.8) is 0 Å². The third-order valence-corrected chi connectivity index (χ3v) is 6.28. The van der Waals surface area contributed by atoms with E-state index in [0.29, 0.717) is 24.1 Å². The maximum atomic E-state index is 13.1. The molecule has 3 atom stereocenters. The molecule has 3 aromatic rings. The number of aromatic nitrogens is 3. The van der Waals surface area contributed by atoms with Crippen LogP contribution in [0.1, 0.15) is 53.2 Å². The highest BCUT2D eigenvalue weighted by Gasteiger charge is 2.33. The lowest BCUT2D eigenvalue weighted by atomic mass is 10.0. The summed E-state index contributed by atoms with van der Waals surface area (Å²) < 4.78 is 47.3. The highest BCUT2D eigenvalue weighted by atomic mass is 19.4. The molecule has 1 aliphatic rings. The number of amides is 1. The number of aliphatic hydroxyl groups is 1. The molecule has 2 aromatic heterocycles. The molecule has 1 aliphatic heterocycles. The quantitative estimate of drug-likeness (QED) is 0.514. The summed E-state index contributed by atoms with van der Waals surface area (Å²) in [5.41, 5.74) is 0.604. The first-order chi connectivity index (χ1) is 17.1. The van der Waals surface area contributed by atoms with Crippen molar-refractivity contribution in [1.82, 2.24) is 19.4 Å². The van der Waals surface area contributed by atoms with Gasteiger partial charge in [0.2, 0.25) is 0 Å². The van der Waals surface area contributed by atoms with Crippen LogP contribution < -0.4 is 10.9 Å². The van der Waals surface area contributed by atoms with E-state index < -0.39 is 29.2 Å². The Labute approximate surface area is 205 Å². The fraction of sp³-hybridized carbons (Fsp3) is 0.400. The highest BCUT2D eigenvalue weighted by Crippen LogP contribution is 2.36. The van der Waals surface area contributed by atoms with Gasteiger partial charge in [-0.2, -0.15) is 13.2 Å². The first kappa shape index (κ1) is 25.6. The standard InChI is InChI=1S/C25H27F3N4O4/c1-15-13-31(14-29-15)20-8-7-19(32(11-12-33)24(20)35)23(34)30-16(2)21-9-10-22(36-21)17-3-5-18(6-4-17)25(26,27)28/h3-8,13-14,16,21-22,33H,9-12H2,1-2H3,(H,30,34)/t16-,21-,22+/m0/s1. The molecule has 8 nitrogen and oxygen atoms in total. The summed E-state index contributed by atoms with van der Waals surface area (Å²) >= 11 is 0. The number of carbonyl (C=O) groups is 1. The minimum absolute atomic E-state index is 0.0621. The minimum Gasteiger partial charge on any atom is -0.395 e. The van der Waals surface area contributed by atoms with E-state index in [4.69, 9.17) is 4.74 Å². The number of carbonyl (C=O) groups excluding carboxylic acids is 1. The summed E-state index contributed by atoms with van der Waals surface area (Å²) in [7, 11) is 0. The zero-order chi connectivity index (χ0) is 26.0. The number of ether oxygens (including phenoxy) is 1. The van der Waals surface area contributed by atoms with Crippen LogP contribution in [0.25, 0.3) is 5.69 Å². The largest absolute Gasteiger partial charge is 0.416 e. The number of hydrogen-bond acceptors (Lipinski definition) is 5. The van der Waals surface area contributed by atoms with Crippen LogP contribution in [-0.2, 0) is 17.5 Å². The summed E-state index contributed by atoms with van der Waals surface area (Å²) in [5.74, 6) is -0.497. The fourth-order valence-electron chi connectivity index (χ4n) is 4.37. The number of benzene rings is 1. The molecule has 192 valence electrons. The van der Waals surface area contributed by atoms with Gasteiger partial charge in [0.15, 0.2) is 0 Å². The van der Waals surface area contributed by atoms with Crippen molar-refractivity contribution in [3.05, 3.63) is 81.8 Å². The van der Waals surface area contributed by atoms with Crippen molar-refractivity contribution >= 4 is 5.91 Å². The van der Waals surface area contributed by atoms with Gasteiger partial charge < -0.3 is 19.7 Å². The number of alkyl halides is 3. The van der Waals surface area contributed by atoms with E-state index in [1.807, 2.05) is 0 Å². The summed E-state index contributed by atoms with van der Waals surface area (Å²) in [6.07, 6.45) is -0.730. The Kier molecular flexibility index (Phi) is 7.32. The molecular formula is C25H27F3N4O4. The molecular weight excluding hydrogens is 477 g/mol. The molecule has 0 saturated carbocycles. The predicted molar refractivity (Wildman–Crippen MR) is 125 cm³/mol. The second kappa shape index (κ2) is 10.3. The number of rotatable bonds is 7. The molecule has 1 fully saturated rings. The Hall–Kier alpha value is -3.44. The Balaban J connectivity index is 1.46. The van der Waals surface area contributed by atoms with Crippen molar-refractivity contribution in [2.75, 3.05) is 6.61 Å². The fourth-order valence-corrected chi connectivity index (χ4v) is 4.37. The van der Waals surface area contributed by atoms with Gasteiger partial charge in [0.1, 0.15) is 11.4 Å². The molecule has 1 amide bonds. The maximum absolute atomic E-state index is 13.1. The zero-order valence-corrected chi connectivity index (χ0v) is 19.8. The van der Waals surface area contributed by atoms with Crippen molar-refractivity contribution in [2.45, 2.75) is 57.7 Å². The number of imidazole rings is 1. The Morgan fingerprint density at radius 1 is 1.22 bits per heavy atom. The smallest absolute Gasteiger partial charge is 0.395 e. The molecule has 36 heavy (non-hydrogen) atoms. The van der Waals surface area contributed by atoms with E-state index in [1.54, 1.807) is 24.6 Å². The molecule has 1 saturated heterocycles. The number of halogens is 3. The van der Waals surface area contributed by atoms with Gasteiger partial charge in [-0.3, -0.25) is 14.2 Å². The lowest BCUT2D eigenvalue weighted by molar-refractivity contribution is -0.137. The Morgan fingerprint density at radius 2 is 1.94 bits per heavy atom. The van der Waals surface area contributed by atoms with Crippen LogP contribution in [0, 0.1) is 6.92 Å². The molecule has 11 heteroatoms. The average Bonchev–Trinajstić information content (AvgIpc) is 3.49. The molecule has 0 spiro atoms. The van der Waals surface area contributed by atoms with Gasteiger partial charge in [-0.05, 0) is 56.5 Å². The van der Waals surface area contributed by atoms with Crippen LogP contribution in [0.4, 0.5) is 13.2 Å². The van der Waals surface area contributed by atoms with Crippen molar-refractivity contribution < 1.29 is 27.8 Å². The Morgan fingerprint density at radius 3 is 2.56 bits per heavy atom. The van der Waals surface area contributed by atoms with Crippen LogP contribution >= 0.6 is 0 Å². The predicted octanol–water partition coefficient (Wildman–Crippen LogP) is 3.39. The maximum Gasteiger partial charge on any atom is 0.416 e. The average molecular weight is 505 g/mol. The second-order valence-electron chi connectivity index (χ2n) is 8.83. The highest BCUT2D eigenvalue weighted by molar-refractivity contribution is 5.93. The van der Waals surface area contributed by atoms with Gasteiger partial charge in [0.25, 0.3) is 11.5 Å². The summed E-state index contributed by atoms with van der Waals surface area (Å²) in [6.45, 7) is 3.17.